The Hall–Kier alpha value is -3.77. The summed E-state index contributed by atoms with van der Waals surface area (Å²) >= 11 is 0. The summed E-state index contributed by atoms with van der Waals surface area (Å²) in [5, 5.41) is 5.95. The van der Waals surface area contributed by atoms with E-state index in [4.69, 9.17) is 9.15 Å². The third kappa shape index (κ3) is 6.34. The molecule has 214 valence electrons. The second-order valence-corrected chi connectivity index (χ2v) is 12.2. The predicted octanol–water partition coefficient (Wildman–Crippen LogP) is 2.77. The number of hydrogen-bond donors (Lipinski definition) is 2. The molecule has 4 rings (SSSR count). The van der Waals surface area contributed by atoms with Crippen molar-refractivity contribution >= 4 is 38.6 Å². The molecule has 11 nitrogen and oxygen atoms in total. The van der Waals surface area contributed by atoms with Gasteiger partial charge in [-0.15, -0.1) is 0 Å². The number of sulfonamides is 1. The topological polar surface area (TPSA) is 148 Å². The molecule has 1 fully saturated rings. The number of fused-ring (bicyclic) bond motifs is 1. The van der Waals surface area contributed by atoms with Crippen LogP contribution >= 0.6 is 0 Å². The van der Waals surface area contributed by atoms with Crippen molar-refractivity contribution in [3.63, 3.8) is 0 Å². The number of amides is 2. The minimum Gasteiger partial charge on any atom is -0.497 e. The number of benzene rings is 1. The minimum atomic E-state index is -4.55. The molecule has 0 saturated carbocycles. The van der Waals surface area contributed by atoms with E-state index in [1.165, 1.54) is 31.5 Å². The molecule has 3 aromatic rings. The molecule has 1 aliphatic rings. The van der Waals surface area contributed by atoms with Gasteiger partial charge in [0, 0.05) is 11.6 Å². The molecular formula is C28H34N4O7S. The number of aromatic nitrogens is 1. The van der Waals surface area contributed by atoms with Crippen LogP contribution in [0.1, 0.15) is 44.2 Å². The molecule has 2 N–H and O–H groups in total. The first-order valence-corrected chi connectivity index (χ1v) is 14.6. The Balaban J connectivity index is 1.72. The third-order valence-corrected chi connectivity index (χ3v) is 8.43. The number of Topliss-reactive ketones (excluding diaryl/α,β-unsaturated/α-hetero) is 1. The summed E-state index contributed by atoms with van der Waals surface area (Å²) in [7, 11) is -3.02. The van der Waals surface area contributed by atoms with Gasteiger partial charge in [-0.1, -0.05) is 26.8 Å². The van der Waals surface area contributed by atoms with Crippen LogP contribution in [0.15, 0.2) is 58.1 Å². The summed E-state index contributed by atoms with van der Waals surface area (Å²) in [6.07, 6.45) is 1.57. The van der Waals surface area contributed by atoms with Crippen molar-refractivity contribution in [2.24, 2.45) is 11.8 Å². The van der Waals surface area contributed by atoms with Crippen molar-refractivity contribution in [1.29, 1.82) is 0 Å². The smallest absolute Gasteiger partial charge is 0.287 e. The van der Waals surface area contributed by atoms with Crippen molar-refractivity contribution < 1.29 is 32.0 Å². The SMILES string of the molecule is COc1ccc2oc(C(=O)N[C@@H](CC(C)C)C(=O)N([C@H]3C[C@H](C)CNCC3=O)S(=O)(=O)c3ccccn3)cc2c1. The lowest BCUT2D eigenvalue weighted by Gasteiger charge is -2.33. The molecule has 1 aliphatic heterocycles. The van der Waals surface area contributed by atoms with Crippen molar-refractivity contribution in [1.82, 2.24) is 19.9 Å². The molecule has 2 aromatic heterocycles. The van der Waals surface area contributed by atoms with E-state index in [-0.39, 0.29) is 42.0 Å². The highest BCUT2D eigenvalue weighted by atomic mass is 32.2. The van der Waals surface area contributed by atoms with Gasteiger partial charge in [-0.05, 0) is 67.6 Å². The first kappa shape index (κ1) is 29.2. The van der Waals surface area contributed by atoms with E-state index in [0.717, 1.165) is 0 Å². The average Bonchev–Trinajstić information content (AvgIpc) is 3.28. The van der Waals surface area contributed by atoms with Crippen LogP contribution in [0, 0.1) is 11.8 Å². The van der Waals surface area contributed by atoms with Gasteiger partial charge >= 0.3 is 0 Å². The van der Waals surface area contributed by atoms with E-state index in [1.807, 2.05) is 20.8 Å². The fourth-order valence-corrected chi connectivity index (χ4v) is 6.31. The van der Waals surface area contributed by atoms with Crippen LogP contribution in [0.25, 0.3) is 11.0 Å². The molecule has 0 radical (unpaired) electrons. The number of carbonyl (C=O) groups is 3. The fraction of sp³-hybridized carbons (Fsp3) is 0.429. The number of rotatable bonds is 9. The zero-order valence-corrected chi connectivity index (χ0v) is 23.7. The number of nitrogens with one attached hydrogen (secondary N) is 2. The van der Waals surface area contributed by atoms with Gasteiger partial charge in [0.25, 0.3) is 21.8 Å². The second kappa shape index (κ2) is 12.2. The first-order chi connectivity index (χ1) is 19.0. The summed E-state index contributed by atoms with van der Waals surface area (Å²) in [5.74, 6) is -1.68. The summed E-state index contributed by atoms with van der Waals surface area (Å²) in [4.78, 5) is 44.6. The van der Waals surface area contributed by atoms with Crippen LogP contribution < -0.4 is 15.4 Å². The molecule has 12 heteroatoms. The lowest BCUT2D eigenvalue weighted by molar-refractivity contribution is -0.135. The maximum Gasteiger partial charge on any atom is 0.287 e. The number of carbonyl (C=O) groups excluding carboxylic acids is 3. The Kier molecular flexibility index (Phi) is 8.89. The molecule has 0 unspecified atom stereocenters. The van der Waals surface area contributed by atoms with Crippen molar-refractivity contribution in [3.8, 4) is 5.75 Å². The minimum absolute atomic E-state index is 0.0488. The van der Waals surface area contributed by atoms with E-state index in [0.29, 0.717) is 27.6 Å². The van der Waals surface area contributed by atoms with Crippen LogP contribution in [0.4, 0.5) is 0 Å². The summed E-state index contributed by atoms with van der Waals surface area (Å²) < 4.78 is 39.3. The van der Waals surface area contributed by atoms with Gasteiger partial charge in [0.05, 0.1) is 13.7 Å². The van der Waals surface area contributed by atoms with Gasteiger partial charge in [-0.2, -0.15) is 8.42 Å². The van der Waals surface area contributed by atoms with E-state index in [2.05, 4.69) is 15.6 Å². The van der Waals surface area contributed by atoms with Gasteiger partial charge in [0.15, 0.2) is 16.6 Å². The van der Waals surface area contributed by atoms with E-state index in [1.54, 1.807) is 24.3 Å². The highest BCUT2D eigenvalue weighted by Gasteiger charge is 2.44. The van der Waals surface area contributed by atoms with Gasteiger partial charge < -0.3 is 19.8 Å². The zero-order chi connectivity index (χ0) is 29.0. The van der Waals surface area contributed by atoms with Crippen LogP contribution in [0.3, 0.4) is 0 Å². The van der Waals surface area contributed by atoms with Crippen LogP contribution in [-0.2, 0) is 19.6 Å². The molecule has 40 heavy (non-hydrogen) atoms. The van der Waals surface area contributed by atoms with E-state index in [9.17, 15) is 22.8 Å². The Labute approximate surface area is 233 Å². The van der Waals surface area contributed by atoms with Crippen molar-refractivity contribution in [2.75, 3.05) is 20.2 Å². The summed E-state index contributed by atoms with van der Waals surface area (Å²) in [6.45, 7) is 5.98. The zero-order valence-electron chi connectivity index (χ0n) is 22.9. The lowest BCUT2D eigenvalue weighted by Crippen LogP contribution is -2.57. The molecule has 0 spiro atoms. The molecule has 0 bridgehead atoms. The second-order valence-electron chi connectivity index (χ2n) is 10.4. The van der Waals surface area contributed by atoms with Crippen molar-refractivity contribution in [2.45, 2.75) is 50.7 Å². The number of pyridine rings is 1. The number of ether oxygens (including phenoxy) is 1. The third-order valence-electron chi connectivity index (χ3n) is 6.71. The molecule has 0 aliphatic carbocycles. The Bertz CT molecular complexity index is 1490. The predicted molar refractivity (Wildman–Crippen MR) is 147 cm³/mol. The van der Waals surface area contributed by atoms with Gasteiger partial charge in [-0.25, -0.2) is 9.29 Å². The standard InChI is InChI=1S/C28H34N4O7S/c1-17(2)11-21(31-27(34)25-14-19-13-20(38-4)8-9-24(19)39-25)28(35)32(22-12-18(3)15-29-16-23(22)33)40(36,37)26-7-5-6-10-30-26/h5-10,13-14,17-18,21-22,29H,11-12,15-16H2,1-4H3,(H,31,34)/t18-,21-,22-/m0/s1. The Morgan fingerprint density at radius 2 is 2.00 bits per heavy atom. The molecule has 3 heterocycles. The Morgan fingerprint density at radius 3 is 2.67 bits per heavy atom. The summed E-state index contributed by atoms with van der Waals surface area (Å²) in [5.41, 5.74) is 0.447. The van der Waals surface area contributed by atoms with Crippen LogP contribution in [0.2, 0.25) is 0 Å². The fourth-order valence-electron chi connectivity index (χ4n) is 4.76. The van der Waals surface area contributed by atoms with E-state index >= 15 is 0 Å². The molecular weight excluding hydrogens is 536 g/mol. The number of furan rings is 1. The number of ketones is 1. The van der Waals surface area contributed by atoms with E-state index < -0.39 is 39.7 Å². The number of nitrogens with zero attached hydrogens (tertiary/aromatic N) is 2. The summed E-state index contributed by atoms with van der Waals surface area (Å²) in [6, 6.07) is 8.40. The number of hydrogen-bond acceptors (Lipinski definition) is 9. The molecule has 1 aromatic carbocycles. The van der Waals surface area contributed by atoms with Gasteiger partial charge in [0.1, 0.15) is 23.4 Å². The van der Waals surface area contributed by atoms with Gasteiger partial charge in [-0.3, -0.25) is 14.4 Å². The Morgan fingerprint density at radius 1 is 1.23 bits per heavy atom. The molecule has 1 saturated heterocycles. The maximum absolute atomic E-state index is 14.2. The van der Waals surface area contributed by atoms with Crippen LogP contribution in [-0.4, -0.2) is 67.6 Å². The van der Waals surface area contributed by atoms with Crippen molar-refractivity contribution in [3.05, 3.63) is 54.4 Å². The quantitative estimate of drug-likeness (QED) is 0.396. The maximum atomic E-state index is 14.2. The van der Waals surface area contributed by atoms with Gasteiger partial charge in [0.2, 0.25) is 0 Å². The number of methoxy groups -OCH3 is 1. The first-order valence-electron chi connectivity index (χ1n) is 13.1. The average molecular weight is 571 g/mol. The lowest BCUT2D eigenvalue weighted by atomic mass is 9.98. The molecule has 2 amide bonds. The monoisotopic (exact) mass is 570 g/mol. The highest BCUT2D eigenvalue weighted by Crippen LogP contribution is 2.27. The highest BCUT2D eigenvalue weighted by molar-refractivity contribution is 7.89. The normalized spacial score (nSPS) is 18.8. The van der Waals surface area contributed by atoms with Crippen LogP contribution in [0.5, 0.6) is 5.75 Å². The largest absolute Gasteiger partial charge is 0.497 e. The molecule has 3 atom stereocenters.